The molecule has 0 aromatic carbocycles. The van der Waals surface area contributed by atoms with E-state index >= 15 is 0 Å². The lowest BCUT2D eigenvalue weighted by atomic mass is 10.8. The van der Waals surface area contributed by atoms with Gasteiger partial charge in [-0.2, -0.15) is 0 Å². The van der Waals surface area contributed by atoms with Crippen molar-refractivity contribution in [3.8, 4) is 0 Å². The van der Waals surface area contributed by atoms with E-state index in [-0.39, 0.29) is 0 Å². The molecule has 0 amide bonds. The zero-order valence-corrected chi connectivity index (χ0v) is 10.3. The third kappa shape index (κ3) is 14.7. The fourth-order valence-electron chi connectivity index (χ4n) is 0.393. The van der Waals surface area contributed by atoms with E-state index in [9.17, 15) is 0 Å². The molecule has 0 radical (unpaired) electrons. The lowest BCUT2D eigenvalue weighted by Crippen LogP contribution is -2.37. The highest BCUT2D eigenvalue weighted by molar-refractivity contribution is 8.78. The smallest absolute Gasteiger partial charge is 0.0229 e. The number of hydrogen-bond donors (Lipinski definition) is 0. The molecule has 80 valence electrons. The van der Waals surface area contributed by atoms with E-state index in [1.807, 2.05) is 43.2 Å². The van der Waals surface area contributed by atoms with Crippen LogP contribution < -0.4 is 10.2 Å². The molecule has 2 rings (SSSR count). The Balaban J connectivity index is 0.000000183. The summed E-state index contributed by atoms with van der Waals surface area (Å²) in [6.07, 6.45) is 1.99. The summed E-state index contributed by atoms with van der Waals surface area (Å²) in [6.45, 7) is 0. The van der Waals surface area contributed by atoms with E-state index in [1.165, 1.54) is 11.5 Å². The first-order valence-corrected chi connectivity index (χ1v) is 8.24. The van der Waals surface area contributed by atoms with Gasteiger partial charge in [-0.05, 0) is 17.0 Å². The first kappa shape index (κ1) is 14.2. The molecule has 2 aliphatic rings. The lowest BCUT2D eigenvalue weighted by Gasteiger charge is -1.96. The minimum absolute atomic E-state index is 1.20. The van der Waals surface area contributed by atoms with Gasteiger partial charge >= 0.3 is 0 Å². The largest absolute Gasteiger partial charge is 0.652 e. The Labute approximate surface area is 98.6 Å². The molecule has 7 heteroatoms. The van der Waals surface area contributed by atoms with Gasteiger partial charge in [0.1, 0.15) is 0 Å². The maximum Gasteiger partial charge on any atom is 0.0229 e. The molecule has 0 fully saturated rings. The molecular weight excluding hydrogens is 260 g/mol. The van der Waals surface area contributed by atoms with Crippen molar-refractivity contribution in [2.75, 3.05) is 11.5 Å². The van der Waals surface area contributed by atoms with Crippen LogP contribution in [0.2, 0.25) is 0 Å². The molecule has 0 saturated heterocycles. The van der Waals surface area contributed by atoms with Crippen molar-refractivity contribution in [3.63, 3.8) is 0 Å². The van der Waals surface area contributed by atoms with Crippen LogP contribution in [0.4, 0.5) is 4.79 Å². The van der Waals surface area contributed by atoms with Gasteiger partial charge in [0.05, 0.1) is 0 Å². The second-order valence-electron chi connectivity index (χ2n) is 1.76. The Bertz CT molecular complexity index is 173. The summed E-state index contributed by atoms with van der Waals surface area (Å²) in [4.78, 5) is 8.33. The third-order valence-corrected chi connectivity index (χ3v) is 4.60. The number of rotatable bonds is 0. The molecule has 0 bridgehead atoms. The van der Waals surface area contributed by atoms with Crippen molar-refractivity contribution in [1.29, 1.82) is 0 Å². The highest BCUT2D eigenvalue weighted by atomic mass is 33.1. The number of carbonyl (C=O) groups is 1. The van der Waals surface area contributed by atoms with Crippen molar-refractivity contribution in [2.24, 2.45) is 0 Å². The van der Waals surface area contributed by atoms with Crippen LogP contribution in [0.1, 0.15) is 0 Å². The summed E-state index contributed by atoms with van der Waals surface area (Å²) in [7, 11) is 7.38. The number of carboxylic acid groups (broad SMARTS) is 2. The molecule has 3 nitrogen and oxygen atoms in total. The molecular formula is C7H8O3S4-2. The van der Waals surface area contributed by atoms with E-state index in [0.717, 1.165) is 0 Å². The van der Waals surface area contributed by atoms with Gasteiger partial charge in [-0.25, -0.2) is 0 Å². The minimum atomic E-state index is -2.33. The van der Waals surface area contributed by atoms with Crippen molar-refractivity contribution in [3.05, 3.63) is 23.0 Å². The molecule has 0 spiro atoms. The number of carbonyl (C=O) groups excluding carboxylic acids is 1. The summed E-state index contributed by atoms with van der Waals surface area (Å²) in [6, 6.07) is 0. The Morgan fingerprint density at radius 2 is 1.36 bits per heavy atom. The van der Waals surface area contributed by atoms with Gasteiger partial charge in [0.25, 0.3) is 0 Å². The standard InChI is InChI=1S/2C3H4S2.CH2O3/c2*1-2-4-5-3-1;2-1(3)4/h2*1-2H,3H2;(H2,2,3,4)/p-2. The average Bonchev–Trinajstić information content (AvgIpc) is 2.83. The van der Waals surface area contributed by atoms with Gasteiger partial charge in [0.2, 0.25) is 0 Å². The second kappa shape index (κ2) is 11.2. The summed E-state index contributed by atoms with van der Waals surface area (Å²) in [5, 5.41) is 20.9. The lowest BCUT2D eigenvalue weighted by molar-refractivity contribution is -0.415. The Morgan fingerprint density at radius 3 is 1.43 bits per heavy atom. The van der Waals surface area contributed by atoms with E-state index in [1.54, 1.807) is 0 Å². The Hall–Kier alpha value is 0.150. The van der Waals surface area contributed by atoms with E-state index in [2.05, 4.69) is 23.0 Å². The van der Waals surface area contributed by atoms with Gasteiger partial charge in [0.15, 0.2) is 0 Å². The van der Waals surface area contributed by atoms with E-state index in [4.69, 9.17) is 15.0 Å². The van der Waals surface area contributed by atoms with E-state index < -0.39 is 6.16 Å². The maximum absolute atomic E-state index is 8.33. The molecule has 14 heavy (non-hydrogen) atoms. The van der Waals surface area contributed by atoms with Crippen LogP contribution in [0.5, 0.6) is 0 Å². The summed E-state index contributed by atoms with van der Waals surface area (Å²) < 4.78 is 0. The second-order valence-corrected chi connectivity index (χ2v) is 6.39. The van der Waals surface area contributed by atoms with Crippen molar-refractivity contribution >= 4 is 49.3 Å². The zero-order valence-electron chi connectivity index (χ0n) is 7.08. The fourth-order valence-corrected chi connectivity index (χ4v) is 3.54. The Kier molecular flexibility index (Phi) is 11.3. The first-order valence-electron chi connectivity index (χ1n) is 3.48. The van der Waals surface area contributed by atoms with Gasteiger partial charge in [-0.3, -0.25) is 0 Å². The molecule has 0 aliphatic carbocycles. The molecule has 0 aromatic heterocycles. The molecule has 0 aromatic rings. The summed E-state index contributed by atoms with van der Waals surface area (Å²) in [5.74, 6) is 2.40. The Morgan fingerprint density at radius 1 is 1.00 bits per heavy atom. The number of hydrogen-bond acceptors (Lipinski definition) is 7. The molecule has 0 N–H and O–H groups in total. The van der Waals surface area contributed by atoms with E-state index in [0.29, 0.717) is 0 Å². The predicted octanol–water partition coefficient (Wildman–Crippen LogP) is 1.34. The molecule has 0 unspecified atom stereocenters. The normalized spacial score (nSPS) is 16.6. The highest BCUT2D eigenvalue weighted by Crippen LogP contribution is 2.28. The summed E-state index contributed by atoms with van der Waals surface area (Å²) in [5.41, 5.74) is 0. The summed E-state index contributed by atoms with van der Waals surface area (Å²) >= 11 is 0. The van der Waals surface area contributed by atoms with Crippen molar-refractivity contribution < 1.29 is 15.0 Å². The first-order chi connectivity index (χ1) is 6.73. The predicted molar refractivity (Wildman–Crippen MR) is 63.8 cm³/mol. The van der Waals surface area contributed by atoms with Crippen LogP contribution in [0.25, 0.3) is 0 Å². The van der Waals surface area contributed by atoms with Crippen LogP contribution in [0.15, 0.2) is 23.0 Å². The van der Waals surface area contributed by atoms with Crippen LogP contribution in [0.3, 0.4) is 0 Å². The fraction of sp³-hybridized carbons (Fsp3) is 0.286. The minimum Gasteiger partial charge on any atom is -0.652 e. The molecule has 2 aliphatic heterocycles. The molecule has 2 heterocycles. The van der Waals surface area contributed by atoms with Crippen LogP contribution in [-0.2, 0) is 0 Å². The van der Waals surface area contributed by atoms with Gasteiger partial charge < -0.3 is 15.0 Å². The SMILES string of the molecule is C1=CSSC1.C1=CSSC1.O=C([O-])[O-]. The third-order valence-electron chi connectivity index (χ3n) is 0.768. The maximum atomic E-state index is 8.33. The average molecular weight is 268 g/mol. The van der Waals surface area contributed by atoms with Crippen molar-refractivity contribution in [2.45, 2.75) is 0 Å². The van der Waals surface area contributed by atoms with Gasteiger partial charge in [-0.1, -0.05) is 55.3 Å². The quantitative estimate of drug-likeness (QED) is 0.614. The topological polar surface area (TPSA) is 63.2 Å². The van der Waals surface area contributed by atoms with Crippen molar-refractivity contribution in [1.82, 2.24) is 0 Å². The zero-order chi connectivity index (χ0) is 10.6. The van der Waals surface area contributed by atoms with Gasteiger partial charge in [-0.15, -0.1) is 0 Å². The van der Waals surface area contributed by atoms with Crippen LogP contribution in [0, 0.1) is 0 Å². The monoisotopic (exact) mass is 268 g/mol. The van der Waals surface area contributed by atoms with Crippen LogP contribution >= 0.6 is 43.2 Å². The highest BCUT2D eigenvalue weighted by Gasteiger charge is 1.86. The van der Waals surface area contributed by atoms with Crippen LogP contribution in [-0.4, -0.2) is 17.7 Å². The molecule has 0 saturated carbocycles. The molecule has 0 atom stereocenters. The van der Waals surface area contributed by atoms with Gasteiger partial charge in [0, 0.05) is 11.5 Å².